The summed E-state index contributed by atoms with van der Waals surface area (Å²) in [5, 5.41) is 0. The molecule has 0 saturated heterocycles. The topological polar surface area (TPSA) is 12.9 Å². The fourth-order valence-corrected chi connectivity index (χ4v) is 1.51. The molecule has 1 nitrogen and oxygen atoms in total. The van der Waals surface area contributed by atoms with Gasteiger partial charge >= 0.3 is 0 Å². The van der Waals surface area contributed by atoms with E-state index >= 15 is 0 Å². The molecule has 0 bridgehead atoms. The van der Waals surface area contributed by atoms with Gasteiger partial charge in [0, 0.05) is 11.3 Å². The Morgan fingerprint density at radius 2 is 1.87 bits per heavy atom. The molecule has 76 valence electrons. The van der Waals surface area contributed by atoms with Crippen molar-refractivity contribution in [3.05, 3.63) is 53.5 Å². The number of halogens is 1. The van der Waals surface area contributed by atoms with Crippen LogP contribution >= 0.6 is 0 Å². The third-order valence-electron chi connectivity index (χ3n) is 2.34. The highest BCUT2D eigenvalue weighted by Crippen LogP contribution is 2.19. The third-order valence-corrected chi connectivity index (χ3v) is 2.34. The van der Waals surface area contributed by atoms with Gasteiger partial charge < -0.3 is 0 Å². The number of benzene rings is 1. The predicted molar refractivity (Wildman–Crippen MR) is 59.1 cm³/mol. The van der Waals surface area contributed by atoms with E-state index in [4.69, 9.17) is 0 Å². The van der Waals surface area contributed by atoms with Crippen LogP contribution in [0.5, 0.6) is 0 Å². The van der Waals surface area contributed by atoms with E-state index < -0.39 is 0 Å². The lowest BCUT2D eigenvalue weighted by atomic mass is 10.1. The second kappa shape index (κ2) is 3.81. The Bertz CT molecular complexity index is 492. The minimum Gasteiger partial charge on any atom is -0.253 e. The Balaban J connectivity index is 2.50. The van der Waals surface area contributed by atoms with E-state index in [0.29, 0.717) is 5.56 Å². The van der Waals surface area contributed by atoms with Crippen molar-refractivity contribution in [1.29, 1.82) is 0 Å². The summed E-state index contributed by atoms with van der Waals surface area (Å²) < 4.78 is 13.1. The molecular formula is C13H12FN. The highest BCUT2D eigenvalue weighted by atomic mass is 19.1. The van der Waals surface area contributed by atoms with E-state index in [1.54, 1.807) is 13.0 Å². The number of pyridine rings is 1. The number of aryl methyl sites for hydroxylation is 2. The van der Waals surface area contributed by atoms with Crippen LogP contribution in [0.3, 0.4) is 0 Å². The van der Waals surface area contributed by atoms with Gasteiger partial charge in [-0.25, -0.2) is 4.39 Å². The van der Waals surface area contributed by atoms with Crippen molar-refractivity contribution in [1.82, 2.24) is 4.98 Å². The maximum absolute atomic E-state index is 13.1. The molecule has 0 unspecified atom stereocenters. The smallest absolute Gasteiger partial charge is 0.126 e. The first-order valence-electron chi connectivity index (χ1n) is 4.87. The van der Waals surface area contributed by atoms with Crippen LogP contribution in [0.4, 0.5) is 4.39 Å². The molecule has 0 aliphatic rings. The van der Waals surface area contributed by atoms with Crippen molar-refractivity contribution < 1.29 is 4.39 Å². The Hall–Kier alpha value is -1.70. The van der Waals surface area contributed by atoms with Crippen molar-refractivity contribution in [3.63, 3.8) is 0 Å². The first kappa shape index (κ1) is 9.84. The summed E-state index contributed by atoms with van der Waals surface area (Å²) in [6, 6.07) is 10.9. The van der Waals surface area contributed by atoms with Crippen molar-refractivity contribution in [2.45, 2.75) is 13.8 Å². The number of hydrogen-bond donors (Lipinski definition) is 0. The fourth-order valence-electron chi connectivity index (χ4n) is 1.51. The molecule has 0 atom stereocenters. The van der Waals surface area contributed by atoms with Gasteiger partial charge in [0.05, 0.1) is 5.69 Å². The zero-order valence-electron chi connectivity index (χ0n) is 8.79. The molecule has 0 aliphatic carbocycles. The molecule has 2 heteroatoms. The van der Waals surface area contributed by atoms with Gasteiger partial charge in [0.1, 0.15) is 5.82 Å². The molecule has 0 N–H and O–H groups in total. The molecule has 2 rings (SSSR count). The van der Waals surface area contributed by atoms with Gasteiger partial charge in [-0.1, -0.05) is 6.07 Å². The summed E-state index contributed by atoms with van der Waals surface area (Å²) in [5.41, 5.74) is 3.46. The second-order valence-corrected chi connectivity index (χ2v) is 3.63. The van der Waals surface area contributed by atoms with Gasteiger partial charge in [-0.15, -0.1) is 0 Å². The molecular weight excluding hydrogens is 189 g/mol. The molecule has 0 radical (unpaired) electrons. The zero-order valence-corrected chi connectivity index (χ0v) is 8.79. The predicted octanol–water partition coefficient (Wildman–Crippen LogP) is 3.50. The quantitative estimate of drug-likeness (QED) is 0.688. The molecule has 0 aliphatic heterocycles. The summed E-state index contributed by atoms with van der Waals surface area (Å²) in [6.45, 7) is 3.70. The van der Waals surface area contributed by atoms with Crippen LogP contribution in [0.2, 0.25) is 0 Å². The van der Waals surface area contributed by atoms with E-state index in [2.05, 4.69) is 4.98 Å². The van der Waals surface area contributed by atoms with E-state index in [9.17, 15) is 4.39 Å². The largest absolute Gasteiger partial charge is 0.253 e. The van der Waals surface area contributed by atoms with Gasteiger partial charge in [-0.2, -0.15) is 0 Å². The Kier molecular flexibility index (Phi) is 2.50. The molecule has 1 aromatic carbocycles. The van der Waals surface area contributed by atoms with Crippen LogP contribution in [0.15, 0.2) is 36.4 Å². The van der Waals surface area contributed by atoms with Gasteiger partial charge in [0.25, 0.3) is 0 Å². The second-order valence-electron chi connectivity index (χ2n) is 3.63. The lowest BCUT2D eigenvalue weighted by Crippen LogP contribution is -1.88. The van der Waals surface area contributed by atoms with Crippen LogP contribution in [-0.4, -0.2) is 4.98 Å². The van der Waals surface area contributed by atoms with Gasteiger partial charge in [0.15, 0.2) is 0 Å². The Morgan fingerprint density at radius 3 is 2.53 bits per heavy atom. The maximum Gasteiger partial charge on any atom is 0.126 e. The number of nitrogens with zero attached hydrogens (tertiary/aromatic N) is 1. The average Bonchev–Trinajstić information content (AvgIpc) is 2.22. The lowest BCUT2D eigenvalue weighted by Gasteiger charge is -2.03. The van der Waals surface area contributed by atoms with Crippen LogP contribution in [-0.2, 0) is 0 Å². The molecule has 1 heterocycles. The van der Waals surface area contributed by atoms with E-state index in [1.807, 2.05) is 31.2 Å². The highest BCUT2D eigenvalue weighted by Gasteiger charge is 2.02. The molecule has 2 aromatic rings. The molecule has 0 spiro atoms. The fraction of sp³-hybridized carbons (Fsp3) is 0.154. The summed E-state index contributed by atoms with van der Waals surface area (Å²) in [7, 11) is 0. The molecule has 15 heavy (non-hydrogen) atoms. The number of hydrogen-bond acceptors (Lipinski definition) is 1. The number of rotatable bonds is 1. The molecule has 1 aromatic heterocycles. The van der Waals surface area contributed by atoms with E-state index in [0.717, 1.165) is 17.0 Å². The summed E-state index contributed by atoms with van der Waals surface area (Å²) >= 11 is 0. The summed E-state index contributed by atoms with van der Waals surface area (Å²) in [4.78, 5) is 4.39. The zero-order chi connectivity index (χ0) is 10.8. The molecule has 0 saturated carbocycles. The average molecular weight is 201 g/mol. The van der Waals surface area contributed by atoms with Gasteiger partial charge in [-0.3, -0.25) is 4.98 Å². The minimum absolute atomic E-state index is 0.175. The molecule has 0 fully saturated rings. The Morgan fingerprint density at radius 1 is 1.07 bits per heavy atom. The van der Waals surface area contributed by atoms with Gasteiger partial charge in [0.2, 0.25) is 0 Å². The van der Waals surface area contributed by atoms with Crippen molar-refractivity contribution in [2.24, 2.45) is 0 Å². The van der Waals surface area contributed by atoms with Crippen molar-refractivity contribution in [2.75, 3.05) is 0 Å². The SMILES string of the molecule is Cc1cccc(-c2ccc(F)c(C)c2)n1. The highest BCUT2D eigenvalue weighted by molar-refractivity contribution is 5.60. The first-order valence-corrected chi connectivity index (χ1v) is 4.87. The monoisotopic (exact) mass is 201 g/mol. The van der Waals surface area contributed by atoms with Crippen molar-refractivity contribution in [3.8, 4) is 11.3 Å². The standard InChI is InChI=1S/C13H12FN/c1-9-8-11(6-7-12(9)14)13-5-3-4-10(2)15-13/h3-8H,1-2H3. The van der Waals surface area contributed by atoms with E-state index in [-0.39, 0.29) is 5.82 Å². The molecule has 0 amide bonds. The summed E-state index contributed by atoms with van der Waals surface area (Å²) in [6.07, 6.45) is 0. The van der Waals surface area contributed by atoms with Crippen LogP contribution in [0.1, 0.15) is 11.3 Å². The van der Waals surface area contributed by atoms with Gasteiger partial charge in [-0.05, 0) is 49.7 Å². The van der Waals surface area contributed by atoms with Crippen LogP contribution < -0.4 is 0 Å². The summed E-state index contributed by atoms with van der Waals surface area (Å²) in [5.74, 6) is -0.175. The first-order chi connectivity index (χ1) is 7.16. The number of aromatic nitrogens is 1. The van der Waals surface area contributed by atoms with E-state index in [1.165, 1.54) is 6.07 Å². The normalized spacial score (nSPS) is 10.3. The minimum atomic E-state index is -0.175. The van der Waals surface area contributed by atoms with Crippen LogP contribution in [0.25, 0.3) is 11.3 Å². The maximum atomic E-state index is 13.1. The van der Waals surface area contributed by atoms with Crippen molar-refractivity contribution >= 4 is 0 Å². The third kappa shape index (κ3) is 2.04. The van der Waals surface area contributed by atoms with Crippen LogP contribution in [0, 0.1) is 19.7 Å². The Labute approximate surface area is 88.6 Å². The lowest BCUT2D eigenvalue weighted by molar-refractivity contribution is 0.619.